The van der Waals surface area contributed by atoms with Crippen LogP contribution in [0.4, 0.5) is 0 Å². The minimum Gasteiger partial charge on any atom is -0.378 e. The molecule has 1 heteroatoms. The van der Waals surface area contributed by atoms with Crippen molar-refractivity contribution in [1.82, 2.24) is 0 Å². The van der Waals surface area contributed by atoms with Crippen molar-refractivity contribution in [3.05, 3.63) is 0 Å². The molecule has 0 fully saturated rings. The molecule has 17 heavy (non-hydrogen) atoms. The average Bonchev–Trinajstić information content (AvgIpc) is 2.37. The highest BCUT2D eigenvalue weighted by atomic mass is 16.5. The highest BCUT2D eigenvalue weighted by molar-refractivity contribution is 4.81. The molecule has 0 rings (SSSR count). The van der Waals surface area contributed by atoms with Gasteiger partial charge in [0, 0.05) is 7.11 Å². The number of unbranched alkanes of at least 4 members (excludes halogenated alkanes) is 5. The van der Waals surface area contributed by atoms with Gasteiger partial charge in [0.1, 0.15) is 0 Å². The van der Waals surface area contributed by atoms with E-state index in [2.05, 4.69) is 27.7 Å². The Hall–Kier alpha value is -0.0400. The topological polar surface area (TPSA) is 9.23 Å². The van der Waals surface area contributed by atoms with E-state index in [0.29, 0.717) is 0 Å². The molecule has 0 N–H and O–H groups in total. The Bertz CT molecular complexity index is 161. The zero-order valence-electron chi connectivity index (χ0n) is 12.8. The fraction of sp³-hybridized carbons (Fsp3) is 1.00. The summed E-state index contributed by atoms with van der Waals surface area (Å²) in [5.41, 5.74) is 0.0954. The van der Waals surface area contributed by atoms with E-state index >= 15 is 0 Å². The van der Waals surface area contributed by atoms with Crippen molar-refractivity contribution in [3.8, 4) is 0 Å². The molecule has 0 aliphatic carbocycles. The lowest BCUT2D eigenvalue weighted by atomic mass is 9.81. The molecule has 2 atom stereocenters. The van der Waals surface area contributed by atoms with Gasteiger partial charge in [-0.15, -0.1) is 0 Å². The quantitative estimate of drug-likeness (QED) is 0.430. The lowest BCUT2D eigenvalue weighted by Crippen LogP contribution is -2.35. The van der Waals surface area contributed by atoms with Gasteiger partial charge in [0.05, 0.1) is 5.60 Å². The van der Waals surface area contributed by atoms with Gasteiger partial charge in [0.2, 0.25) is 0 Å². The van der Waals surface area contributed by atoms with Crippen LogP contribution in [-0.4, -0.2) is 12.7 Å². The Morgan fingerprint density at radius 1 is 0.941 bits per heavy atom. The second-order valence-electron chi connectivity index (χ2n) is 5.53. The molecule has 0 bridgehead atoms. The number of rotatable bonds is 11. The van der Waals surface area contributed by atoms with Crippen LogP contribution in [0.1, 0.15) is 85.5 Å². The highest BCUT2D eigenvalue weighted by Gasteiger charge is 2.30. The van der Waals surface area contributed by atoms with Gasteiger partial charge in [-0.2, -0.15) is 0 Å². The molecule has 0 aliphatic heterocycles. The Kier molecular flexibility index (Phi) is 9.91. The fourth-order valence-corrected chi connectivity index (χ4v) is 2.71. The predicted molar refractivity (Wildman–Crippen MR) is 77.5 cm³/mol. The molecule has 0 spiro atoms. The molecular weight excluding hydrogens is 208 g/mol. The van der Waals surface area contributed by atoms with Gasteiger partial charge in [-0.1, -0.05) is 65.7 Å². The van der Waals surface area contributed by atoms with Crippen molar-refractivity contribution in [2.24, 2.45) is 5.92 Å². The van der Waals surface area contributed by atoms with Crippen LogP contribution >= 0.6 is 0 Å². The molecule has 1 nitrogen and oxygen atoms in total. The lowest BCUT2D eigenvalue weighted by molar-refractivity contribution is -0.0511. The van der Waals surface area contributed by atoms with E-state index in [1.807, 2.05) is 7.11 Å². The third-order valence-corrected chi connectivity index (χ3v) is 4.43. The maximum atomic E-state index is 5.74. The third-order valence-electron chi connectivity index (χ3n) is 4.43. The summed E-state index contributed by atoms with van der Waals surface area (Å²) in [6, 6.07) is 0. The maximum absolute atomic E-state index is 5.74. The van der Waals surface area contributed by atoms with Crippen molar-refractivity contribution >= 4 is 0 Å². The van der Waals surface area contributed by atoms with E-state index in [4.69, 9.17) is 4.74 Å². The molecule has 0 aromatic rings. The van der Waals surface area contributed by atoms with E-state index in [1.165, 1.54) is 51.4 Å². The summed E-state index contributed by atoms with van der Waals surface area (Å²) in [7, 11) is 1.87. The number of hydrogen-bond donors (Lipinski definition) is 0. The molecule has 0 heterocycles. The number of hydrogen-bond acceptors (Lipinski definition) is 1. The molecule has 2 unspecified atom stereocenters. The molecule has 0 radical (unpaired) electrons. The van der Waals surface area contributed by atoms with Crippen LogP contribution in [-0.2, 0) is 4.74 Å². The summed E-state index contributed by atoms with van der Waals surface area (Å²) in [5.74, 6) is 0.726. The van der Waals surface area contributed by atoms with Crippen LogP contribution in [0, 0.1) is 5.92 Å². The molecule has 0 aliphatic rings. The van der Waals surface area contributed by atoms with Crippen LogP contribution in [0.3, 0.4) is 0 Å². The molecule has 104 valence electrons. The molecule has 0 amide bonds. The van der Waals surface area contributed by atoms with E-state index in [9.17, 15) is 0 Å². The summed E-state index contributed by atoms with van der Waals surface area (Å²) >= 11 is 0. The van der Waals surface area contributed by atoms with Crippen molar-refractivity contribution in [3.63, 3.8) is 0 Å². The Morgan fingerprint density at radius 3 is 2.00 bits per heavy atom. The first kappa shape index (κ1) is 17.0. The zero-order chi connectivity index (χ0) is 13.1. The monoisotopic (exact) mass is 242 g/mol. The second kappa shape index (κ2) is 9.94. The fourth-order valence-electron chi connectivity index (χ4n) is 2.71. The van der Waals surface area contributed by atoms with E-state index in [-0.39, 0.29) is 5.60 Å². The first-order valence-electron chi connectivity index (χ1n) is 7.69. The van der Waals surface area contributed by atoms with Gasteiger partial charge in [0.25, 0.3) is 0 Å². The molecular formula is C16H34O. The zero-order valence-corrected chi connectivity index (χ0v) is 12.8. The molecule has 0 aromatic carbocycles. The smallest absolute Gasteiger partial charge is 0.0676 e. The molecule has 0 aromatic heterocycles. The summed E-state index contributed by atoms with van der Waals surface area (Å²) < 4.78 is 5.74. The van der Waals surface area contributed by atoms with Gasteiger partial charge < -0.3 is 4.74 Å². The molecule has 0 saturated heterocycles. The summed E-state index contributed by atoms with van der Waals surface area (Å²) in [5, 5.41) is 0. The van der Waals surface area contributed by atoms with Gasteiger partial charge in [-0.25, -0.2) is 0 Å². The van der Waals surface area contributed by atoms with Crippen molar-refractivity contribution in [1.29, 1.82) is 0 Å². The highest BCUT2D eigenvalue weighted by Crippen LogP contribution is 2.31. The SMILES string of the molecule is CCCCCCCCC(CC)C(C)(CC)OC. The van der Waals surface area contributed by atoms with Gasteiger partial charge in [-0.3, -0.25) is 0 Å². The van der Waals surface area contributed by atoms with Gasteiger partial charge >= 0.3 is 0 Å². The lowest BCUT2D eigenvalue weighted by Gasteiger charge is -2.35. The van der Waals surface area contributed by atoms with Gasteiger partial charge in [0.15, 0.2) is 0 Å². The minimum atomic E-state index is 0.0954. The van der Waals surface area contributed by atoms with Crippen LogP contribution in [0.5, 0.6) is 0 Å². The minimum absolute atomic E-state index is 0.0954. The Morgan fingerprint density at radius 2 is 1.53 bits per heavy atom. The van der Waals surface area contributed by atoms with E-state index in [1.54, 1.807) is 0 Å². The Labute approximate surface area is 109 Å². The van der Waals surface area contributed by atoms with Crippen molar-refractivity contribution < 1.29 is 4.74 Å². The van der Waals surface area contributed by atoms with Crippen LogP contribution < -0.4 is 0 Å². The van der Waals surface area contributed by atoms with Crippen LogP contribution in [0.2, 0.25) is 0 Å². The normalized spacial score (nSPS) is 16.8. The van der Waals surface area contributed by atoms with Crippen LogP contribution in [0.15, 0.2) is 0 Å². The Balaban J connectivity index is 3.82. The van der Waals surface area contributed by atoms with Crippen molar-refractivity contribution in [2.45, 2.75) is 91.1 Å². The second-order valence-corrected chi connectivity index (χ2v) is 5.53. The number of methoxy groups -OCH3 is 1. The standard InChI is InChI=1S/C16H34O/c1-6-9-10-11-12-13-14-15(7-2)16(4,8-3)17-5/h15H,6-14H2,1-5H3. The number of ether oxygens (including phenoxy) is 1. The van der Waals surface area contributed by atoms with Crippen molar-refractivity contribution in [2.75, 3.05) is 7.11 Å². The third kappa shape index (κ3) is 6.45. The largest absolute Gasteiger partial charge is 0.378 e. The summed E-state index contributed by atoms with van der Waals surface area (Å²) in [6.07, 6.45) is 12.1. The first-order chi connectivity index (χ1) is 8.14. The predicted octanol–water partition coefficient (Wildman–Crippen LogP) is 5.58. The average molecular weight is 242 g/mol. The summed E-state index contributed by atoms with van der Waals surface area (Å²) in [4.78, 5) is 0. The van der Waals surface area contributed by atoms with Crippen LogP contribution in [0.25, 0.3) is 0 Å². The molecule has 0 saturated carbocycles. The van der Waals surface area contributed by atoms with E-state index < -0.39 is 0 Å². The maximum Gasteiger partial charge on any atom is 0.0676 e. The first-order valence-corrected chi connectivity index (χ1v) is 7.69. The van der Waals surface area contributed by atoms with E-state index in [0.717, 1.165) is 12.3 Å². The van der Waals surface area contributed by atoms with Gasteiger partial charge in [-0.05, 0) is 25.7 Å². The summed E-state index contributed by atoms with van der Waals surface area (Å²) in [6.45, 7) is 9.10.